The number of rotatable bonds is 8. The summed E-state index contributed by atoms with van der Waals surface area (Å²) in [6.45, 7) is 4.46. The summed E-state index contributed by atoms with van der Waals surface area (Å²) in [6.07, 6.45) is 3.99. The van der Waals surface area contributed by atoms with Crippen LogP contribution in [0.15, 0.2) is 30.3 Å². The van der Waals surface area contributed by atoms with Crippen molar-refractivity contribution in [1.82, 2.24) is 4.98 Å². The van der Waals surface area contributed by atoms with Crippen LogP contribution in [0.25, 0.3) is 10.2 Å². The van der Waals surface area contributed by atoms with E-state index < -0.39 is 12.0 Å². The molecule has 1 aliphatic rings. The first-order valence-electron chi connectivity index (χ1n) is 11.1. The summed E-state index contributed by atoms with van der Waals surface area (Å²) in [7, 11) is 0. The van der Waals surface area contributed by atoms with Crippen LogP contribution in [0.1, 0.15) is 37.3 Å². The zero-order chi connectivity index (χ0) is 23.4. The highest BCUT2D eigenvalue weighted by Crippen LogP contribution is 2.37. The molecule has 2 aromatic carbocycles. The molecule has 1 aromatic heterocycles. The third kappa shape index (κ3) is 5.72. The summed E-state index contributed by atoms with van der Waals surface area (Å²) < 4.78 is 12.1. The van der Waals surface area contributed by atoms with Crippen molar-refractivity contribution in [3.63, 3.8) is 0 Å². The highest BCUT2D eigenvalue weighted by atomic mass is 35.5. The third-order valence-corrected chi connectivity index (χ3v) is 7.36. The monoisotopic (exact) mass is 507 g/mol. The Bertz CT molecular complexity index is 1110. The van der Waals surface area contributed by atoms with Crippen molar-refractivity contribution in [2.45, 2.75) is 45.3 Å². The normalized spacial score (nSPS) is 15.0. The number of thiazole rings is 1. The largest absolute Gasteiger partial charge is 0.486 e. The molecule has 0 radical (unpaired) electrons. The predicted molar refractivity (Wildman–Crippen MR) is 135 cm³/mol. The number of benzene rings is 2. The van der Waals surface area contributed by atoms with Crippen molar-refractivity contribution in [2.24, 2.45) is 5.73 Å². The standard InChI is InChI=1S/C24H27Cl2N3O3S/c1-2-31-23(30)19(27)13-15-11-17(25)21(18(26)12-15)32-14-16-7-6-8-20-22(16)33-24(28-20)29-9-4-3-5-10-29/h6-8,11-12,19H,2-5,9-10,13-14,27H2,1H3. The van der Waals surface area contributed by atoms with E-state index >= 15 is 0 Å². The first-order chi connectivity index (χ1) is 16.0. The van der Waals surface area contributed by atoms with E-state index in [4.69, 9.17) is 43.4 Å². The Kier molecular flexibility index (Phi) is 7.96. The van der Waals surface area contributed by atoms with E-state index in [2.05, 4.69) is 4.90 Å². The highest BCUT2D eigenvalue weighted by Gasteiger charge is 2.19. The van der Waals surface area contributed by atoms with Crippen LogP contribution in [-0.4, -0.2) is 36.7 Å². The molecule has 1 unspecified atom stereocenters. The lowest BCUT2D eigenvalue weighted by Gasteiger charge is -2.25. The van der Waals surface area contributed by atoms with Crippen molar-refractivity contribution in [1.29, 1.82) is 0 Å². The van der Waals surface area contributed by atoms with Crippen LogP contribution in [0.5, 0.6) is 5.75 Å². The summed E-state index contributed by atoms with van der Waals surface area (Å²) in [5, 5.41) is 1.81. The molecule has 0 saturated carbocycles. The second-order valence-corrected chi connectivity index (χ2v) is 9.84. The molecule has 33 heavy (non-hydrogen) atoms. The molecule has 2 N–H and O–H groups in total. The second-order valence-electron chi connectivity index (χ2n) is 8.05. The number of carbonyl (C=O) groups is 1. The van der Waals surface area contributed by atoms with Gasteiger partial charge in [-0.05, 0) is 56.4 Å². The summed E-state index contributed by atoms with van der Waals surface area (Å²) in [5.74, 6) is -0.0452. The van der Waals surface area contributed by atoms with E-state index in [1.165, 1.54) is 19.3 Å². The fourth-order valence-corrected chi connectivity index (χ4v) is 5.69. The van der Waals surface area contributed by atoms with Crippen LogP contribution < -0.4 is 15.4 Å². The van der Waals surface area contributed by atoms with Crippen molar-refractivity contribution >= 4 is 55.9 Å². The summed E-state index contributed by atoms with van der Waals surface area (Å²) in [4.78, 5) is 19.0. The zero-order valence-corrected chi connectivity index (χ0v) is 20.8. The average Bonchev–Trinajstić information content (AvgIpc) is 3.24. The number of ether oxygens (including phenoxy) is 2. The Hall–Kier alpha value is -2.06. The van der Waals surface area contributed by atoms with Crippen molar-refractivity contribution in [3.8, 4) is 5.75 Å². The Morgan fingerprint density at radius 3 is 2.64 bits per heavy atom. The molecule has 0 amide bonds. The molecule has 0 spiro atoms. The summed E-state index contributed by atoms with van der Waals surface area (Å²) in [6, 6.07) is 8.73. The minimum atomic E-state index is -0.776. The Balaban J connectivity index is 1.48. The molecule has 1 fully saturated rings. The molecular weight excluding hydrogens is 481 g/mol. The smallest absolute Gasteiger partial charge is 0.323 e. The van der Waals surface area contributed by atoms with Gasteiger partial charge in [-0.25, -0.2) is 4.98 Å². The molecule has 9 heteroatoms. The lowest BCUT2D eigenvalue weighted by atomic mass is 10.1. The van der Waals surface area contributed by atoms with Gasteiger partial charge in [-0.3, -0.25) is 4.79 Å². The van der Waals surface area contributed by atoms with E-state index in [0.717, 1.165) is 39.6 Å². The number of fused-ring (bicyclic) bond motifs is 1. The summed E-state index contributed by atoms with van der Waals surface area (Å²) in [5.41, 5.74) is 8.67. The molecule has 6 nitrogen and oxygen atoms in total. The van der Waals surface area contributed by atoms with Gasteiger partial charge in [0.25, 0.3) is 0 Å². The van der Waals surface area contributed by atoms with Crippen LogP contribution in [0.4, 0.5) is 5.13 Å². The number of nitrogens with zero attached hydrogens (tertiary/aromatic N) is 2. The maximum absolute atomic E-state index is 11.8. The fourth-order valence-electron chi connectivity index (χ4n) is 3.93. The molecule has 1 aliphatic heterocycles. The number of halogens is 2. The molecule has 3 aromatic rings. The van der Waals surface area contributed by atoms with Crippen LogP contribution >= 0.6 is 34.5 Å². The second kappa shape index (κ2) is 10.9. The van der Waals surface area contributed by atoms with Gasteiger partial charge < -0.3 is 20.1 Å². The molecule has 1 atom stereocenters. The minimum Gasteiger partial charge on any atom is -0.486 e. The molecule has 2 heterocycles. The molecule has 1 saturated heterocycles. The predicted octanol–water partition coefficient (Wildman–Crippen LogP) is 5.61. The van der Waals surface area contributed by atoms with Gasteiger partial charge in [0.2, 0.25) is 0 Å². The van der Waals surface area contributed by atoms with Gasteiger partial charge in [-0.2, -0.15) is 0 Å². The molecule has 4 rings (SSSR count). The topological polar surface area (TPSA) is 77.7 Å². The van der Waals surface area contributed by atoms with E-state index in [1.807, 2.05) is 18.2 Å². The maximum atomic E-state index is 11.8. The van der Waals surface area contributed by atoms with Crippen molar-refractivity contribution in [2.75, 3.05) is 24.6 Å². The number of hydrogen-bond donors (Lipinski definition) is 1. The highest BCUT2D eigenvalue weighted by molar-refractivity contribution is 7.22. The third-order valence-electron chi connectivity index (χ3n) is 5.59. The number of hydrogen-bond acceptors (Lipinski definition) is 7. The van der Waals surface area contributed by atoms with E-state index in [1.54, 1.807) is 30.4 Å². The maximum Gasteiger partial charge on any atom is 0.323 e. The van der Waals surface area contributed by atoms with Gasteiger partial charge in [0.15, 0.2) is 10.9 Å². The number of carbonyl (C=O) groups excluding carboxylic acids is 1. The van der Waals surface area contributed by atoms with Crippen molar-refractivity contribution < 1.29 is 14.3 Å². The van der Waals surface area contributed by atoms with Crippen LogP contribution in [-0.2, 0) is 22.6 Å². The minimum absolute atomic E-state index is 0.276. The van der Waals surface area contributed by atoms with Gasteiger partial charge in [0.1, 0.15) is 12.6 Å². The quantitative estimate of drug-likeness (QED) is 0.399. The molecule has 0 bridgehead atoms. The fraction of sp³-hybridized carbons (Fsp3) is 0.417. The zero-order valence-electron chi connectivity index (χ0n) is 18.5. The average molecular weight is 508 g/mol. The molecular formula is C24H27Cl2N3O3S. The Morgan fingerprint density at radius 2 is 1.94 bits per heavy atom. The number of piperidine rings is 1. The van der Waals surface area contributed by atoms with Crippen LogP contribution in [0.2, 0.25) is 10.0 Å². The number of nitrogens with two attached hydrogens (primary N) is 1. The first kappa shape index (κ1) is 24.1. The van der Waals surface area contributed by atoms with Crippen LogP contribution in [0, 0.1) is 0 Å². The van der Waals surface area contributed by atoms with E-state index in [0.29, 0.717) is 22.4 Å². The van der Waals surface area contributed by atoms with Gasteiger partial charge >= 0.3 is 5.97 Å². The molecule has 0 aliphatic carbocycles. The van der Waals surface area contributed by atoms with Gasteiger partial charge in [0, 0.05) is 18.7 Å². The number of esters is 1. The lowest BCUT2D eigenvalue weighted by molar-refractivity contribution is -0.144. The van der Waals surface area contributed by atoms with Crippen molar-refractivity contribution in [3.05, 3.63) is 51.5 Å². The summed E-state index contributed by atoms with van der Waals surface area (Å²) >= 11 is 14.6. The van der Waals surface area contributed by atoms with Gasteiger partial charge in [0.05, 0.1) is 26.9 Å². The van der Waals surface area contributed by atoms with Gasteiger partial charge in [-0.15, -0.1) is 0 Å². The Morgan fingerprint density at radius 1 is 1.21 bits per heavy atom. The SMILES string of the molecule is CCOC(=O)C(N)Cc1cc(Cl)c(OCc2cccc3nc(N4CCCCC4)sc23)c(Cl)c1. The lowest BCUT2D eigenvalue weighted by Crippen LogP contribution is -2.34. The van der Waals surface area contributed by atoms with E-state index in [-0.39, 0.29) is 13.0 Å². The van der Waals surface area contributed by atoms with Crippen LogP contribution in [0.3, 0.4) is 0 Å². The van der Waals surface area contributed by atoms with E-state index in [9.17, 15) is 4.79 Å². The molecule has 176 valence electrons. The number of anilines is 1. The van der Waals surface area contributed by atoms with Gasteiger partial charge in [-0.1, -0.05) is 46.7 Å². The first-order valence-corrected chi connectivity index (χ1v) is 12.7. The number of aromatic nitrogens is 1. The Labute approximate surface area is 207 Å².